The van der Waals surface area contributed by atoms with Gasteiger partial charge in [0, 0.05) is 12.2 Å². The van der Waals surface area contributed by atoms with E-state index in [0.29, 0.717) is 17.1 Å². The number of aliphatic hydroxyl groups excluding tert-OH is 1. The van der Waals surface area contributed by atoms with Crippen molar-refractivity contribution in [1.82, 2.24) is 0 Å². The summed E-state index contributed by atoms with van der Waals surface area (Å²) in [7, 11) is 0. The molecule has 0 radical (unpaired) electrons. The predicted molar refractivity (Wildman–Crippen MR) is 75.9 cm³/mol. The fourth-order valence-electron chi connectivity index (χ4n) is 1.68. The molecule has 19 heavy (non-hydrogen) atoms. The summed E-state index contributed by atoms with van der Waals surface area (Å²) >= 11 is 5.96. The van der Waals surface area contributed by atoms with Crippen LogP contribution in [0.25, 0.3) is 0 Å². The molecule has 3 nitrogen and oxygen atoms in total. The minimum atomic E-state index is 0.0545. The molecule has 0 heterocycles. The summed E-state index contributed by atoms with van der Waals surface area (Å²) in [6.45, 7) is 0.715. The number of nitrogens with zero attached hydrogens (tertiary/aromatic N) is 1. The van der Waals surface area contributed by atoms with Crippen molar-refractivity contribution in [3.8, 4) is 6.07 Å². The number of hydrogen-bond donors (Lipinski definition) is 2. The lowest BCUT2D eigenvalue weighted by molar-refractivity contribution is 0.282. The summed E-state index contributed by atoms with van der Waals surface area (Å²) in [5, 5.41) is 21.4. The van der Waals surface area contributed by atoms with Crippen LogP contribution in [0.2, 0.25) is 5.02 Å². The SMILES string of the molecule is N#Cc1ccc(NCc2ccc(CO)cc2)cc1Cl. The molecule has 4 heteroatoms. The first kappa shape index (κ1) is 13.4. The number of nitrogens with one attached hydrogen (secondary N) is 1. The Balaban J connectivity index is 2.02. The van der Waals surface area contributed by atoms with Crippen LogP contribution in [-0.4, -0.2) is 5.11 Å². The Labute approximate surface area is 117 Å². The van der Waals surface area contributed by atoms with E-state index in [9.17, 15) is 0 Å². The highest BCUT2D eigenvalue weighted by Crippen LogP contribution is 2.20. The molecule has 2 aromatic carbocycles. The summed E-state index contributed by atoms with van der Waals surface area (Å²) in [6, 6.07) is 15.0. The van der Waals surface area contributed by atoms with Gasteiger partial charge in [-0.05, 0) is 29.3 Å². The molecule has 0 aliphatic carbocycles. The Morgan fingerprint density at radius 1 is 1.11 bits per heavy atom. The molecule has 0 unspecified atom stereocenters. The van der Waals surface area contributed by atoms with E-state index in [1.807, 2.05) is 36.4 Å². The second-order valence-electron chi connectivity index (χ2n) is 4.13. The van der Waals surface area contributed by atoms with Crippen molar-refractivity contribution in [2.75, 3.05) is 5.32 Å². The zero-order chi connectivity index (χ0) is 13.7. The average molecular weight is 273 g/mol. The van der Waals surface area contributed by atoms with Gasteiger partial charge in [-0.3, -0.25) is 0 Å². The Morgan fingerprint density at radius 2 is 1.79 bits per heavy atom. The fraction of sp³-hybridized carbons (Fsp3) is 0.133. The first-order valence-electron chi connectivity index (χ1n) is 5.85. The molecule has 2 N–H and O–H groups in total. The second kappa shape index (κ2) is 6.24. The Bertz CT molecular complexity index is 603. The van der Waals surface area contributed by atoms with Crippen LogP contribution in [0.4, 0.5) is 5.69 Å². The van der Waals surface area contributed by atoms with Crippen LogP contribution in [0.1, 0.15) is 16.7 Å². The molecule has 0 saturated heterocycles. The molecule has 0 fully saturated rings. The third kappa shape index (κ3) is 3.47. The monoisotopic (exact) mass is 272 g/mol. The van der Waals surface area contributed by atoms with Gasteiger partial charge >= 0.3 is 0 Å². The first-order chi connectivity index (χ1) is 9.22. The van der Waals surface area contributed by atoms with Gasteiger partial charge in [0.2, 0.25) is 0 Å². The Kier molecular flexibility index (Phi) is 4.40. The molecule has 2 rings (SSSR count). The Morgan fingerprint density at radius 3 is 2.37 bits per heavy atom. The Hall–Kier alpha value is -2.02. The molecule has 2 aromatic rings. The number of rotatable bonds is 4. The van der Waals surface area contributed by atoms with Crippen LogP contribution < -0.4 is 5.32 Å². The van der Waals surface area contributed by atoms with Crippen LogP contribution >= 0.6 is 11.6 Å². The van der Waals surface area contributed by atoms with Crippen LogP contribution in [0.5, 0.6) is 0 Å². The molecule has 0 amide bonds. The minimum Gasteiger partial charge on any atom is -0.392 e. The quantitative estimate of drug-likeness (QED) is 0.898. The maximum absolute atomic E-state index is 8.96. The van der Waals surface area contributed by atoms with Gasteiger partial charge in [-0.25, -0.2) is 0 Å². The molecular formula is C15H13ClN2O. The van der Waals surface area contributed by atoms with Crippen molar-refractivity contribution in [2.45, 2.75) is 13.2 Å². The highest BCUT2D eigenvalue weighted by atomic mass is 35.5. The highest BCUT2D eigenvalue weighted by molar-refractivity contribution is 6.32. The standard InChI is InChI=1S/C15H13ClN2O/c16-15-7-14(6-5-13(15)8-17)18-9-11-1-3-12(10-19)4-2-11/h1-7,18-19H,9-10H2. The number of anilines is 1. The van der Waals surface area contributed by atoms with E-state index in [1.54, 1.807) is 12.1 Å². The molecule has 96 valence electrons. The molecule has 0 aliphatic heterocycles. The molecule has 0 bridgehead atoms. The van der Waals surface area contributed by atoms with Crippen LogP contribution in [0.3, 0.4) is 0 Å². The number of nitriles is 1. The third-order valence-corrected chi connectivity index (χ3v) is 3.10. The van der Waals surface area contributed by atoms with E-state index in [0.717, 1.165) is 16.8 Å². The van der Waals surface area contributed by atoms with E-state index < -0.39 is 0 Å². The fourth-order valence-corrected chi connectivity index (χ4v) is 1.91. The van der Waals surface area contributed by atoms with Gasteiger partial charge in [0.05, 0.1) is 17.2 Å². The zero-order valence-corrected chi connectivity index (χ0v) is 11.0. The summed E-state index contributed by atoms with van der Waals surface area (Å²) in [5.74, 6) is 0. The van der Waals surface area contributed by atoms with E-state index in [4.69, 9.17) is 22.0 Å². The number of aliphatic hydroxyl groups is 1. The van der Waals surface area contributed by atoms with Gasteiger partial charge in [-0.1, -0.05) is 35.9 Å². The van der Waals surface area contributed by atoms with Crippen LogP contribution in [0.15, 0.2) is 42.5 Å². The molecule has 0 spiro atoms. The van der Waals surface area contributed by atoms with E-state index >= 15 is 0 Å². The smallest absolute Gasteiger partial charge is 0.101 e. The van der Waals surface area contributed by atoms with Crippen LogP contribution in [0, 0.1) is 11.3 Å². The van der Waals surface area contributed by atoms with Gasteiger partial charge in [0.25, 0.3) is 0 Å². The van der Waals surface area contributed by atoms with Crippen LogP contribution in [-0.2, 0) is 13.2 Å². The first-order valence-corrected chi connectivity index (χ1v) is 6.23. The van der Waals surface area contributed by atoms with Crippen molar-refractivity contribution in [3.05, 3.63) is 64.2 Å². The predicted octanol–water partition coefficient (Wildman–Crippen LogP) is 3.32. The zero-order valence-electron chi connectivity index (χ0n) is 10.2. The lowest BCUT2D eigenvalue weighted by Crippen LogP contribution is -1.99. The van der Waals surface area contributed by atoms with E-state index in [-0.39, 0.29) is 6.61 Å². The molecule has 0 aliphatic rings. The number of hydrogen-bond acceptors (Lipinski definition) is 3. The average Bonchev–Trinajstić information content (AvgIpc) is 2.46. The second-order valence-corrected chi connectivity index (χ2v) is 4.54. The molecular weight excluding hydrogens is 260 g/mol. The molecule has 0 aromatic heterocycles. The topological polar surface area (TPSA) is 56.0 Å². The van der Waals surface area contributed by atoms with E-state index in [2.05, 4.69) is 5.32 Å². The molecule has 0 saturated carbocycles. The molecule has 0 atom stereocenters. The van der Waals surface area contributed by atoms with Crippen molar-refractivity contribution >= 4 is 17.3 Å². The third-order valence-electron chi connectivity index (χ3n) is 2.79. The van der Waals surface area contributed by atoms with Gasteiger partial charge in [-0.2, -0.15) is 5.26 Å². The maximum Gasteiger partial charge on any atom is 0.101 e. The highest BCUT2D eigenvalue weighted by Gasteiger charge is 2.01. The number of benzene rings is 2. The van der Waals surface area contributed by atoms with Crippen molar-refractivity contribution in [3.63, 3.8) is 0 Å². The van der Waals surface area contributed by atoms with Crippen molar-refractivity contribution in [1.29, 1.82) is 5.26 Å². The van der Waals surface area contributed by atoms with Gasteiger partial charge in [0.15, 0.2) is 0 Å². The maximum atomic E-state index is 8.96. The van der Waals surface area contributed by atoms with Gasteiger partial charge in [0.1, 0.15) is 6.07 Å². The van der Waals surface area contributed by atoms with Gasteiger partial charge < -0.3 is 10.4 Å². The number of halogens is 1. The van der Waals surface area contributed by atoms with Crippen molar-refractivity contribution in [2.24, 2.45) is 0 Å². The van der Waals surface area contributed by atoms with Gasteiger partial charge in [-0.15, -0.1) is 0 Å². The van der Waals surface area contributed by atoms with Crippen molar-refractivity contribution < 1.29 is 5.11 Å². The summed E-state index contributed by atoms with van der Waals surface area (Å²) < 4.78 is 0. The summed E-state index contributed by atoms with van der Waals surface area (Å²) in [6.07, 6.45) is 0. The minimum absolute atomic E-state index is 0.0545. The largest absolute Gasteiger partial charge is 0.392 e. The lowest BCUT2D eigenvalue weighted by atomic mass is 10.1. The summed E-state index contributed by atoms with van der Waals surface area (Å²) in [4.78, 5) is 0. The lowest BCUT2D eigenvalue weighted by Gasteiger charge is -2.08. The normalized spacial score (nSPS) is 9.95. The van der Waals surface area contributed by atoms with E-state index in [1.165, 1.54) is 0 Å². The summed E-state index contributed by atoms with van der Waals surface area (Å²) in [5.41, 5.74) is 3.34.